The summed E-state index contributed by atoms with van der Waals surface area (Å²) >= 11 is 6.05. The molecule has 0 saturated heterocycles. The van der Waals surface area contributed by atoms with Gasteiger partial charge in [0.05, 0.1) is 25.1 Å². The molecule has 1 aromatic heterocycles. The molecule has 0 N–H and O–H groups in total. The number of amides is 2. The average Bonchev–Trinajstić information content (AvgIpc) is 3.20. The van der Waals surface area contributed by atoms with Crippen molar-refractivity contribution in [2.75, 3.05) is 32.7 Å². The molecule has 34 heavy (non-hydrogen) atoms. The van der Waals surface area contributed by atoms with Gasteiger partial charge in [-0.25, -0.2) is 0 Å². The predicted molar refractivity (Wildman–Crippen MR) is 138 cm³/mol. The third-order valence-corrected chi connectivity index (χ3v) is 6.55. The van der Waals surface area contributed by atoms with E-state index in [0.29, 0.717) is 19.7 Å². The molecule has 0 atom stereocenters. The molecule has 1 aromatic carbocycles. The molecule has 0 fully saturated rings. The van der Waals surface area contributed by atoms with Gasteiger partial charge in [0, 0.05) is 43.5 Å². The Kier molecular flexibility index (Phi) is 9.77. The van der Waals surface area contributed by atoms with Gasteiger partial charge in [-0.15, -0.1) is 11.6 Å². The van der Waals surface area contributed by atoms with Crippen molar-refractivity contribution >= 4 is 23.4 Å². The Labute approximate surface area is 209 Å². The number of hydrogen-bond donors (Lipinski definition) is 0. The minimum Gasteiger partial charge on any atom is -0.383 e. The molecule has 1 heterocycles. The number of nitrogens with zero attached hydrogens (tertiary/aromatic N) is 3. The third-order valence-electron chi connectivity index (χ3n) is 5.88. The number of alkyl halides is 1. The van der Waals surface area contributed by atoms with Gasteiger partial charge >= 0.3 is 0 Å². The van der Waals surface area contributed by atoms with Crippen LogP contribution in [0, 0.1) is 12.3 Å². The molecule has 0 saturated carbocycles. The van der Waals surface area contributed by atoms with E-state index < -0.39 is 11.0 Å². The fourth-order valence-electron chi connectivity index (χ4n) is 3.80. The summed E-state index contributed by atoms with van der Waals surface area (Å²) in [5, 5.41) is 0. The first kappa shape index (κ1) is 27.9. The van der Waals surface area contributed by atoms with Gasteiger partial charge in [-0.2, -0.15) is 0 Å². The SMILES string of the molecule is COCCN(CC(=O)N(Cc1cccn1Cc1cccc(C)c1)C(C)(C)C)C(=O)C(C)(C)CCl. The van der Waals surface area contributed by atoms with Crippen molar-refractivity contribution in [1.82, 2.24) is 14.4 Å². The molecule has 7 heteroatoms. The minimum absolute atomic E-state index is 0.0155. The molecule has 6 nitrogen and oxygen atoms in total. The molecule has 2 amide bonds. The Bertz CT molecular complexity index is 962. The maximum absolute atomic E-state index is 13.6. The second kappa shape index (κ2) is 11.9. The molecule has 0 bridgehead atoms. The number of aromatic nitrogens is 1. The van der Waals surface area contributed by atoms with Crippen LogP contribution in [0.4, 0.5) is 0 Å². The summed E-state index contributed by atoms with van der Waals surface area (Å²) in [6.07, 6.45) is 2.04. The highest BCUT2D eigenvalue weighted by Crippen LogP contribution is 2.23. The Balaban J connectivity index is 2.25. The molecule has 188 valence electrons. The topological polar surface area (TPSA) is 54.8 Å². The number of aryl methyl sites for hydroxylation is 1. The van der Waals surface area contributed by atoms with Crippen molar-refractivity contribution in [3.63, 3.8) is 0 Å². The molecule has 0 aliphatic rings. The molecule has 2 rings (SSSR count). The zero-order valence-corrected chi connectivity index (χ0v) is 22.5. The smallest absolute Gasteiger partial charge is 0.242 e. The second-order valence-corrected chi connectivity index (χ2v) is 10.8. The van der Waals surface area contributed by atoms with Crippen LogP contribution in [0.25, 0.3) is 0 Å². The summed E-state index contributed by atoms with van der Waals surface area (Å²) in [6, 6.07) is 12.5. The van der Waals surface area contributed by atoms with Crippen LogP contribution in [0.2, 0.25) is 0 Å². The number of benzene rings is 1. The Morgan fingerprint density at radius 1 is 1.09 bits per heavy atom. The van der Waals surface area contributed by atoms with Crippen LogP contribution in [0.15, 0.2) is 42.6 Å². The van der Waals surface area contributed by atoms with Crippen LogP contribution in [-0.4, -0.2) is 64.4 Å². The van der Waals surface area contributed by atoms with Gasteiger partial charge < -0.3 is 19.1 Å². The lowest BCUT2D eigenvalue weighted by atomic mass is 9.94. The summed E-state index contributed by atoms with van der Waals surface area (Å²) in [7, 11) is 1.58. The fourth-order valence-corrected chi connectivity index (χ4v) is 3.92. The van der Waals surface area contributed by atoms with Gasteiger partial charge in [-0.1, -0.05) is 29.8 Å². The van der Waals surface area contributed by atoms with Crippen molar-refractivity contribution < 1.29 is 14.3 Å². The van der Waals surface area contributed by atoms with Gasteiger partial charge in [-0.3, -0.25) is 9.59 Å². The van der Waals surface area contributed by atoms with E-state index in [1.807, 2.05) is 44.0 Å². The normalized spacial score (nSPS) is 12.0. The van der Waals surface area contributed by atoms with Crippen molar-refractivity contribution in [3.05, 3.63) is 59.4 Å². The zero-order valence-electron chi connectivity index (χ0n) is 21.7. The molecular formula is C27H40ClN3O3. The Morgan fingerprint density at radius 2 is 1.79 bits per heavy atom. The monoisotopic (exact) mass is 489 g/mol. The largest absolute Gasteiger partial charge is 0.383 e. The number of carbonyl (C=O) groups excluding carboxylic acids is 2. The number of carbonyl (C=O) groups is 2. The lowest BCUT2D eigenvalue weighted by molar-refractivity contribution is -0.148. The lowest BCUT2D eigenvalue weighted by Crippen LogP contribution is -2.52. The van der Waals surface area contributed by atoms with E-state index in [4.69, 9.17) is 16.3 Å². The molecular weight excluding hydrogens is 450 g/mol. The van der Waals surface area contributed by atoms with Crippen LogP contribution in [0.3, 0.4) is 0 Å². The van der Waals surface area contributed by atoms with Crippen LogP contribution in [0.5, 0.6) is 0 Å². The number of halogens is 1. The quantitative estimate of drug-likeness (QED) is 0.429. The van der Waals surface area contributed by atoms with Gasteiger partial charge in [0.2, 0.25) is 11.8 Å². The van der Waals surface area contributed by atoms with E-state index in [-0.39, 0.29) is 24.2 Å². The zero-order chi connectivity index (χ0) is 25.5. The van der Waals surface area contributed by atoms with Crippen LogP contribution in [0.1, 0.15) is 51.4 Å². The third kappa shape index (κ3) is 7.60. The van der Waals surface area contributed by atoms with E-state index in [1.165, 1.54) is 11.1 Å². The number of rotatable bonds is 11. The number of ether oxygens (including phenoxy) is 1. The summed E-state index contributed by atoms with van der Waals surface area (Å²) in [6.45, 7) is 13.6. The summed E-state index contributed by atoms with van der Waals surface area (Å²) in [4.78, 5) is 30.1. The predicted octanol–water partition coefficient (Wildman–Crippen LogP) is 4.71. The fraction of sp³-hybridized carbons (Fsp3) is 0.556. The molecule has 0 aliphatic carbocycles. The van der Waals surface area contributed by atoms with Crippen molar-refractivity contribution in [3.8, 4) is 0 Å². The van der Waals surface area contributed by atoms with Crippen molar-refractivity contribution in [1.29, 1.82) is 0 Å². The summed E-state index contributed by atoms with van der Waals surface area (Å²) in [5.41, 5.74) is 2.29. The highest BCUT2D eigenvalue weighted by molar-refractivity contribution is 6.19. The van der Waals surface area contributed by atoms with Crippen molar-refractivity contribution in [2.45, 2.75) is 60.2 Å². The number of methoxy groups -OCH3 is 1. The standard InChI is InChI=1S/C27H40ClN3O3/c1-21-10-8-11-22(16-21)17-29-13-9-12-23(29)18-31(26(2,3)4)24(32)19-30(14-15-34-7)25(33)27(5,6)20-28/h8-13,16H,14-15,17-20H2,1-7H3. The van der Waals surface area contributed by atoms with E-state index in [9.17, 15) is 9.59 Å². The lowest BCUT2D eigenvalue weighted by Gasteiger charge is -2.38. The Morgan fingerprint density at radius 3 is 2.38 bits per heavy atom. The first-order valence-electron chi connectivity index (χ1n) is 11.7. The van der Waals surface area contributed by atoms with Crippen LogP contribution < -0.4 is 0 Å². The van der Waals surface area contributed by atoms with Crippen LogP contribution in [-0.2, 0) is 27.4 Å². The minimum atomic E-state index is -0.759. The second-order valence-electron chi connectivity index (χ2n) is 10.5. The highest BCUT2D eigenvalue weighted by Gasteiger charge is 2.35. The Hall–Kier alpha value is -2.31. The molecule has 0 radical (unpaired) electrons. The average molecular weight is 490 g/mol. The van der Waals surface area contributed by atoms with E-state index >= 15 is 0 Å². The molecule has 0 aliphatic heterocycles. The van der Waals surface area contributed by atoms with Gasteiger partial charge in [0.25, 0.3) is 0 Å². The maximum atomic E-state index is 13.6. The summed E-state index contributed by atoms with van der Waals surface area (Å²) in [5.74, 6) is -0.0749. The molecule has 0 unspecified atom stereocenters. The first-order chi connectivity index (χ1) is 15.9. The molecule has 2 aromatic rings. The first-order valence-corrected chi connectivity index (χ1v) is 12.3. The van der Waals surface area contributed by atoms with E-state index in [0.717, 1.165) is 12.2 Å². The highest BCUT2D eigenvalue weighted by atomic mass is 35.5. The summed E-state index contributed by atoms with van der Waals surface area (Å²) < 4.78 is 7.36. The van der Waals surface area contributed by atoms with E-state index in [1.54, 1.807) is 25.9 Å². The number of hydrogen-bond acceptors (Lipinski definition) is 3. The van der Waals surface area contributed by atoms with Gasteiger partial charge in [0.1, 0.15) is 0 Å². The van der Waals surface area contributed by atoms with Crippen LogP contribution >= 0.6 is 11.6 Å². The molecule has 0 spiro atoms. The van der Waals surface area contributed by atoms with Crippen molar-refractivity contribution in [2.24, 2.45) is 5.41 Å². The van der Waals surface area contributed by atoms with E-state index in [2.05, 4.69) is 35.8 Å². The maximum Gasteiger partial charge on any atom is 0.242 e. The van der Waals surface area contributed by atoms with Gasteiger partial charge in [-0.05, 0) is 59.2 Å². The van der Waals surface area contributed by atoms with Gasteiger partial charge in [0.15, 0.2) is 0 Å².